The van der Waals surface area contributed by atoms with E-state index in [1.807, 2.05) is 28.8 Å². The number of aryl methyl sites for hydroxylation is 1. The van der Waals surface area contributed by atoms with Crippen molar-refractivity contribution in [1.29, 1.82) is 0 Å². The Morgan fingerprint density at radius 2 is 1.48 bits per heavy atom. The Hall–Kier alpha value is -3.06. The minimum Gasteiger partial charge on any atom is -0.270 e. The van der Waals surface area contributed by atoms with Crippen LogP contribution in [0.5, 0.6) is 0 Å². The zero-order valence-corrected chi connectivity index (χ0v) is 15.2. The van der Waals surface area contributed by atoms with Gasteiger partial charge < -0.3 is 0 Å². The molecule has 0 amide bonds. The van der Waals surface area contributed by atoms with Gasteiger partial charge in [0.2, 0.25) is 0 Å². The molecule has 4 rings (SSSR count). The quantitative estimate of drug-likeness (QED) is 0.472. The molecule has 0 atom stereocenters. The zero-order valence-electron chi connectivity index (χ0n) is 14.4. The van der Waals surface area contributed by atoms with E-state index >= 15 is 0 Å². The summed E-state index contributed by atoms with van der Waals surface area (Å²) in [7, 11) is 0. The first-order valence-corrected chi connectivity index (χ1v) is 9.43. The maximum Gasteiger partial charge on any atom is 0.196 e. The average molecular weight is 377 g/mol. The van der Waals surface area contributed by atoms with E-state index < -0.39 is 0 Å². The summed E-state index contributed by atoms with van der Waals surface area (Å²) in [5.74, 6) is 1.28. The van der Waals surface area contributed by atoms with Crippen LogP contribution in [0, 0.1) is 5.82 Å². The molecule has 1 aromatic carbocycles. The van der Waals surface area contributed by atoms with Crippen LogP contribution in [0.25, 0.3) is 17.1 Å². The monoisotopic (exact) mass is 377 g/mol. The summed E-state index contributed by atoms with van der Waals surface area (Å²) >= 11 is 1.62. The van der Waals surface area contributed by atoms with Gasteiger partial charge in [0.15, 0.2) is 11.0 Å². The normalized spacial score (nSPS) is 10.9. The highest BCUT2D eigenvalue weighted by Gasteiger charge is 2.16. The standard InChI is InChI=1S/C20H16FN5S/c21-17-1-3-18(4-2-17)26-19(16-7-12-23-13-8-16)24-25-20(26)27-14-9-15-5-10-22-11-6-15/h1-8,10-13H,9,14H2. The van der Waals surface area contributed by atoms with Gasteiger partial charge in [-0.25, -0.2) is 4.39 Å². The third kappa shape index (κ3) is 4.03. The molecule has 5 nitrogen and oxygen atoms in total. The molecule has 0 fully saturated rings. The van der Waals surface area contributed by atoms with Crippen molar-refractivity contribution >= 4 is 11.8 Å². The number of hydrogen-bond donors (Lipinski definition) is 0. The molecule has 0 bridgehead atoms. The summed E-state index contributed by atoms with van der Waals surface area (Å²) in [6.45, 7) is 0. The van der Waals surface area contributed by atoms with Crippen molar-refractivity contribution < 1.29 is 4.39 Å². The molecule has 3 aromatic heterocycles. The molecule has 0 N–H and O–H groups in total. The molecule has 0 aliphatic carbocycles. The minimum atomic E-state index is -0.274. The van der Waals surface area contributed by atoms with Gasteiger partial charge in [-0.3, -0.25) is 14.5 Å². The Morgan fingerprint density at radius 3 is 2.19 bits per heavy atom. The largest absolute Gasteiger partial charge is 0.270 e. The summed E-state index contributed by atoms with van der Waals surface area (Å²) in [5, 5.41) is 9.51. The third-order valence-electron chi connectivity index (χ3n) is 4.03. The first-order valence-electron chi connectivity index (χ1n) is 8.45. The predicted molar refractivity (Wildman–Crippen MR) is 103 cm³/mol. The molecule has 0 radical (unpaired) electrons. The highest BCUT2D eigenvalue weighted by molar-refractivity contribution is 7.99. The van der Waals surface area contributed by atoms with Gasteiger partial charge in [0.05, 0.1) is 0 Å². The second-order valence-corrected chi connectivity index (χ2v) is 6.87. The maximum atomic E-state index is 13.4. The van der Waals surface area contributed by atoms with Crippen LogP contribution in [-0.2, 0) is 6.42 Å². The predicted octanol–water partition coefficient (Wildman–Crippen LogP) is 4.20. The Labute approximate surface area is 160 Å². The van der Waals surface area contributed by atoms with Gasteiger partial charge >= 0.3 is 0 Å². The van der Waals surface area contributed by atoms with Gasteiger partial charge in [-0.2, -0.15) is 0 Å². The summed E-state index contributed by atoms with van der Waals surface area (Å²) in [4.78, 5) is 8.10. The van der Waals surface area contributed by atoms with Crippen LogP contribution in [0.3, 0.4) is 0 Å². The van der Waals surface area contributed by atoms with E-state index in [2.05, 4.69) is 20.2 Å². The topological polar surface area (TPSA) is 56.5 Å². The number of hydrogen-bond acceptors (Lipinski definition) is 5. The van der Waals surface area contributed by atoms with Gasteiger partial charge in [-0.1, -0.05) is 11.8 Å². The Morgan fingerprint density at radius 1 is 0.815 bits per heavy atom. The van der Waals surface area contributed by atoms with E-state index in [1.54, 1.807) is 48.7 Å². The van der Waals surface area contributed by atoms with Crippen molar-refractivity contribution in [2.75, 3.05) is 5.75 Å². The highest BCUT2D eigenvalue weighted by Crippen LogP contribution is 2.28. The average Bonchev–Trinajstić information content (AvgIpc) is 3.14. The van der Waals surface area contributed by atoms with Crippen LogP contribution in [0.2, 0.25) is 0 Å². The molecule has 0 saturated carbocycles. The molecule has 27 heavy (non-hydrogen) atoms. The Kier molecular flexibility index (Phi) is 5.20. The number of halogens is 1. The van der Waals surface area contributed by atoms with Gasteiger partial charge in [0.25, 0.3) is 0 Å². The Bertz CT molecular complexity index is 1000. The second-order valence-electron chi connectivity index (χ2n) is 5.81. The molecule has 4 aromatic rings. The van der Waals surface area contributed by atoms with Crippen LogP contribution >= 0.6 is 11.8 Å². The molecule has 7 heteroatoms. The summed E-state index contributed by atoms with van der Waals surface area (Å²) in [6.07, 6.45) is 7.92. The second kappa shape index (κ2) is 8.09. The fraction of sp³-hybridized carbons (Fsp3) is 0.100. The van der Waals surface area contributed by atoms with Crippen LogP contribution in [-0.4, -0.2) is 30.5 Å². The van der Waals surface area contributed by atoms with Crippen LogP contribution in [0.1, 0.15) is 5.56 Å². The fourth-order valence-corrected chi connectivity index (χ4v) is 3.62. The molecule has 0 aliphatic rings. The number of benzene rings is 1. The molecular weight excluding hydrogens is 361 g/mol. The van der Waals surface area contributed by atoms with E-state index in [9.17, 15) is 4.39 Å². The summed E-state index contributed by atoms with van der Waals surface area (Å²) in [5.41, 5.74) is 2.95. The van der Waals surface area contributed by atoms with Gasteiger partial charge in [0.1, 0.15) is 5.82 Å². The van der Waals surface area contributed by atoms with E-state index in [0.29, 0.717) is 5.82 Å². The molecule has 0 saturated heterocycles. The van der Waals surface area contributed by atoms with Crippen molar-refractivity contribution in [3.8, 4) is 17.1 Å². The van der Waals surface area contributed by atoms with Gasteiger partial charge in [-0.15, -0.1) is 10.2 Å². The van der Waals surface area contributed by atoms with Gasteiger partial charge in [-0.05, 0) is 60.5 Å². The fourth-order valence-electron chi connectivity index (χ4n) is 2.68. The van der Waals surface area contributed by atoms with Crippen LogP contribution < -0.4 is 0 Å². The number of aromatic nitrogens is 5. The summed E-state index contributed by atoms with van der Waals surface area (Å²) < 4.78 is 15.3. The van der Waals surface area contributed by atoms with Crippen molar-refractivity contribution in [2.24, 2.45) is 0 Å². The number of thioether (sulfide) groups is 1. The first kappa shape index (κ1) is 17.4. The molecular formula is C20H16FN5S. The zero-order chi connectivity index (χ0) is 18.5. The van der Waals surface area contributed by atoms with E-state index in [1.165, 1.54) is 17.7 Å². The van der Waals surface area contributed by atoms with Gasteiger partial charge in [0, 0.05) is 41.8 Å². The van der Waals surface area contributed by atoms with Crippen molar-refractivity contribution in [3.05, 3.63) is 84.7 Å². The first-order chi connectivity index (χ1) is 13.3. The number of nitrogens with zero attached hydrogens (tertiary/aromatic N) is 5. The van der Waals surface area contributed by atoms with Crippen LogP contribution in [0.15, 0.2) is 78.5 Å². The highest BCUT2D eigenvalue weighted by atomic mass is 32.2. The van der Waals surface area contributed by atoms with Crippen molar-refractivity contribution in [1.82, 2.24) is 24.7 Å². The van der Waals surface area contributed by atoms with E-state index in [4.69, 9.17) is 0 Å². The Balaban J connectivity index is 1.64. The lowest BCUT2D eigenvalue weighted by atomic mass is 10.2. The molecule has 134 valence electrons. The maximum absolute atomic E-state index is 13.4. The smallest absolute Gasteiger partial charge is 0.196 e. The lowest BCUT2D eigenvalue weighted by Crippen LogP contribution is -2.01. The molecule has 3 heterocycles. The van der Waals surface area contributed by atoms with E-state index in [0.717, 1.165) is 28.6 Å². The molecule has 0 aliphatic heterocycles. The minimum absolute atomic E-state index is 0.274. The molecule has 0 spiro atoms. The SMILES string of the molecule is Fc1ccc(-n2c(SCCc3ccncc3)nnc2-c2ccncc2)cc1. The summed E-state index contributed by atoms with van der Waals surface area (Å²) in [6, 6.07) is 14.1. The number of pyridine rings is 2. The van der Waals surface area contributed by atoms with Crippen LogP contribution in [0.4, 0.5) is 4.39 Å². The van der Waals surface area contributed by atoms with Crippen molar-refractivity contribution in [2.45, 2.75) is 11.6 Å². The molecule has 0 unspecified atom stereocenters. The third-order valence-corrected chi connectivity index (χ3v) is 4.96. The van der Waals surface area contributed by atoms with E-state index in [-0.39, 0.29) is 5.82 Å². The number of rotatable bonds is 6. The lowest BCUT2D eigenvalue weighted by Gasteiger charge is -2.10. The van der Waals surface area contributed by atoms with Crippen molar-refractivity contribution in [3.63, 3.8) is 0 Å². The lowest BCUT2D eigenvalue weighted by molar-refractivity contribution is 0.627.